The number of sulfonamides is 1. The normalized spacial score (nSPS) is 16.8. The fourth-order valence-corrected chi connectivity index (χ4v) is 5.06. The summed E-state index contributed by atoms with van der Waals surface area (Å²) in [6, 6.07) is 12.3. The van der Waals surface area contributed by atoms with Gasteiger partial charge in [0.2, 0.25) is 0 Å². The molecule has 2 aromatic rings. The summed E-state index contributed by atoms with van der Waals surface area (Å²) in [6.45, 7) is 1.60. The number of hydrogen-bond acceptors (Lipinski definition) is 3. The van der Waals surface area contributed by atoms with Crippen molar-refractivity contribution in [2.75, 3.05) is 24.4 Å². The van der Waals surface area contributed by atoms with Crippen molar-refractivity contribution in [3.05, 3.63) is 59.4 Å². The number of para-hydroxylation sites is 1. The Hall–Kier alpha value is -1.63. The van der Waals surface area contributed by atoms with Crippen LogP contribution in [0.5, 0.6) is 0 Å². The number of anilines is 1. The molecule has 1 heterocycles. The second-order valence-corrected chi connectivity index (χ2v) is 8.47. The highest BCUT2D eigenvalue weighted by atomic mass is 35.5. The minimum Gasteiger partial charge on any atom is -0.306 e. The molecule has 3 rings (SSSR count). The van der Waals surface area contributed by atoms with Crippen LogP contribution in [0.1, 0.15) is 12.8 Å². The maximum Gasteiger partial charge on any atom is 0.267 e. The Kier molecular flexibility index (Phi) is 5.32. The standard InChI is InChI=1S/C18H20ClFN2O2S/c1-21-11-9-16(10-12-21)22(15-5-3-2-4-6-15)25(23,24)18-8-7-14(19)13-17(18)20/h2-8,13,16H,9-12H2,1H3. The summed E-state index contributed by atoms with van der Waals surface area (Å²) < 4.78 is 42.3. The number of piperidine rings is 1. The van der Waals surface area contributed by atoms with Crippen molar-refractivity contribution < 1.29 is 12.8 Å². The molecule has 2 aromatic carbocycles. The largest absolute Gasteiger partial charge is 0.306 e. The number of halogens is 2. The molecular formula is C18H20ClFN2O2S. The maximum absolute atomic E-state index is 14.4. The Morgan fingerprint density at radius 1 is 1.12 bits per heavy atom. The average molecular weight is 383 g/mol. The van der Waals surface area contributed by atoms with Crippen LogP contribution in [0.2, 0.25) is 5.02 Å². The molecule has 0 unspecified atom stereocenters. The topological polar surface area (TPSA) is 40.6 Å². The van der Waals surface area contributed by atoms with Gasteiger partial charge in [-0.15, -0.1) is 0 Å². The highest BCUT2D eigenvalue weighted by Crippen LogP contribution is 2.31. The van der Waals surface area contributed by atoms with Gasteiger partial charge in [-0.05, 0) is 63.3 Å². The van der Waals surface area contributed by atoms with Gasteiger partial charge in [0.25, 0.3) is 10.0 Å². The van der Waals surface area contributed by atoms with E-state index in [2.05, 4.69) is 4.90 Å². The Labute approximate surface area is 152 Å². The van der Waals surface area contributed by atoms with E-state index in [0.29, 0.717) is 18.5 Å². The molecule has 0 atom stereocenters. The first kappa shape index (κ1) is 18.2. The van der Waals surface area contributed by atoms with E-state index >= 15 is 0 Å². The molecule has 0 aromatic heterocycles. The molecule has 0 radical (unpaired) electrons. The van der Waals surface area contributed by atoms with Gasteiger partial charge in [0, 0.05) is 11.1 Å². The molecule has 0 aliphatic carbocycles. The molecule has 0 amide bonds. The maximum atomic E-state index is 14.4. The van der Waals surface area contributed by atoms with Crippen molar-refractivity contribution in [1.82, 2.24) is 4.90 Å². The Morgan fingerprint density at radius 3 is 2.36 bits per heavy atom. The van der Waals surface area contributed by atoms with E-state index in [9.17, 15) is 12.8 Å². The molecule has 0 spiro atoms. The van der Waals surface area contributed by atoms with Crippen molar-refractivity contribution in [3.63, 3.8) is 0 Å². The molecule has 1 aliphatic rings. The molecule has 0 bridgehead atoms. The molecule has 134 valence electrons. The van der Waals surface area contributed by atoms with Gasteiger partial charge in [0.1, 0.15) is 10.7 Å². The second kappa shape index (κ2) is 7.32. The summed E-state index contributed by atoms with van der Waals surface area (Å²) in [5.74, 6) is -0.832. The Bertz CT molecular complexity index is 837. The lowest BCUT2D eigenvalue weighted by Crippen LogP contribution is -2.46. The van der Waals surface area contributed by atoms with Gasteiger partial charge in [0.15, 0.2) is 0 Å². The summed E-state index contributed by atoms with van der Waals surface area (Å²) in [5, 5.41) is 0.169. The van der Waals surface area contributed by atoms with Crippen molar-refractivity contribution >= 4 is 27.3 Å². The van der Waals surface area contributed by atoms with Gasteiger partial charge < -0.3 is 4.90 Å². The molecule has 0 N–H and O–H groups in total. The molecule has 7 heteroatoms. The van der Waals surface area contributed by atoms with Crippen LogP contribution in [0.25, 0.3) is 0 Å². The van der Waals surface area contributed by atoms with Crippen LogP contribution in [0.3, 0.4) is 0 Å². The third kappa shape index (κ3) is 3.81. The van der Waals surface area contributed by atoms with E-state index in [0.717, 1.165) is 19.2 Å². The van der Waals surface area contributed by atoms with E-state index in [1.165, 1.54) is 16.4 Å². The lowest BCUT2D eigenvalue weighted by atomic mass is 10.1. The van der Waals surface area contributed by atoms with Crippen LogP contribution in [0.4, 0.5) is 10.1 Å². The van der Waals surface area contributed by atoms with Crippen LogP contribution in [-0.2, 0) is 10.0 Å². The highest BCUT2D eigenvalue weighted by molar-refractivity contribution is 7.92. The smallest absolute Gasteiger partial charge is 0.267 e. The molecule has 4 nitrogen and oxygen atoms in total. The van der Waals surface area contributed by atoms with Crippen LogP contribution in [0, 0.1) is 5.82 Å². The summed E-state index contributed by atoms with van der Waals surface area (Å²) in [6.07, 6.45) is 1.39. The second-order valence-electron chi connectivity index (χ2n) is 6.25. The first-order valence-electron chi connectivity index (χ1n) is 8.12. The van der Waals surface area contributed by atoms with Gasteiger partial charge in [-0.3, -0.25) is 4.31 Å². The molecule has 1 saturated heterocycles. The quantitative estimate of drug-likeness (QED) is 0.808. The van der Waals surface area contributed by atoms with Crippen LogP contribution < -0.4 is 4.31 Å². The average Bonchev–Trinajstić information content (AvgIpc) is 2.57. The zero-order valence-electron chi connectivity index (χ0n) is 13.9. The van der Waals surface area contributed by atoms with Crippen molar-refractivity contribution in [2.24, 2.45) is 0 Å². The van der Waals surface area contributed by atoms with Gasteiger partial charge >= 0.3 is 0 Å². The van der Waals surface area contributed by atoms with Crippen LogP contribution in [0.15, 0.2) is 53.4 Å². The molecule has 0 saturated carbocycles. The van der Waals surface area contributed by atoms with E-state index in [4.69, 9.17) is 11.6 Å². The van der Waals surface area contributed by atoms with Gasteiger partial charge in [-0.2, -0.15) is 0 Å². The predicted molar refractivity (Wildman–Crippen MR) is 98.0 cm³/mol. The van der Waals surface area contributed by atoms with Crippen LogP contribution >= 0.6 is 11.6 Å². The lowest BCUT2D eigenvalue weighted by molar-refractivity contribution is 0.257. The number of likely N-dealkylation sites (tertiary alicyclic amines) is 1. The Balaban J connectivity index is 2.07. The third-order valence-electron chi connectivity index (χ3n) is 4.46. The fraction of sp³-hybridized carbons (Fsp3) is 0.333. The van der Waals surface area contributed by atoms with E-state index in [1.807, 2.05) is 13.1 Å². The van der Waals surface area contributed by atoms with E-state index < -0.39 is 15.8 Å². The summed E-state index contributed by atoms with van der Waals surface area (Å²) in [5.41, 5.74) is 0.548. The van der Waals surface area contributed by atoms with Gasteiger partial charge in [-0.25, -0.2) is 12.8 Å². The highest BCUT2D eigenvalue weighted by Gasteiger charge is 2.35. The summed E-state index contributed by atoms with van der Waals surface area (Å²) in [7, 11) is -2.03. The van der Waals surface area contributed by atoms with Crippen molar-refractivity contribution in [2.45, 2.75) is 23.8 Å². The molecule has 1 fully saturated rings. The fourth-order valence-electron chi connectivity index (χ4n) is 3.14. The lowest BCUT2D eigenvalue weighted by Gasteiger charge is -2.37. The zero-order valence-corrected chi connectivity index (χ0v) is 15.5. The summed E-state index contributed by atoms with van der Waals surface area (Å²) >= 11 is 5.77. The first-order chi connectivity index (χ1) is 11.9. The Morgan fingerprint density at radius 2 is 1.76 bits per heavy atom. The van der Waals surface area contributed by atoms with Crippen LogP contribution in [-0.4, -0.2) is 39.5 Å². The third-order valence-corrected chi connectivity index (χ3v) is 6.61. The molecular weight excluding hydrogens is 363 g/mol. The molecule has 25 heavy (non-hydrogen) atoms. The minimum absolute atomic E-state index is 0.169. The molecule has 1 aliphatic heterocycles. The van der Waals surface area contributed by atoms with E-state index in [-0.39, 0.29) is 16.0 Å². The van der Waals surface area contributed by atoms with Gasteiger partial charge in [0.05, 0.1) is 5.69 Å². The number of nitrogens with zero attached hydrogens (tertiary/aromatic N) is 2. The monoisotopic (exact) mass is 382 g/mol. The first-order valence-corrected chi connectivity index (χ1v) is 9.94. The number of hydrogen-bond donors (Lipinski definition) is 0. The van der Waals surface area contributed by atoms with Crippen molar-refractivity contribution in [3.8, 4) is 0 Å². The van der Waals surface area contributed by atoms with Crippen molar-refractivity contribution in [1.29, 1.82) is 0 Å². The number of benzene rings is 2. The van der Waals surface area contributed by atoms with E-state index in [1.54, 1.807) is 24.3 Å². The van der Waals surface area contributed by atoms with Gasteiger partial charge in [-0.1, -0.05) is 29.8 Å². The predicted octanol–water partition coefficient (Wildman–Crippen LogP) is 3.77. The minimum atomic E-state index is -4.04. The number of rotatable bonds is 4. The summed E-state index contributed by atoms with van der Waals surface area (Å²) in [4.78, 5) is 1.81. The zero-order chi connectivity index (χ0) is 18.0. The SMILES string of the molecule is CN1CCC(N(c2ccccc2)S(=O)(=O)c2ccc(Cl)cc2F)CC1.